The highest BCUT2D eigenvalue weighted by molar-refractivity contribution is 7.47. The molecule has 3 aromatic rings. The molecule has 6 rings (SSSR count). The first-order valence-electron chi connectivity index (χ1n) is 22.6. The van der Waals surface area contributed by atoms with Gasteiger partial charge in [0.15, 0.2) is 18.7 Å². The van der Waals surface area contributed by atoms with Crippen LogP contribution in [0.3, 0.4) is 0 Å². The van der Waals surface area contributed by atoms with Crippen molar-refractivity contribution in [2.45, 2.75) is 92.9 Å². The number of carbonyl (C=O) groups is 3. The van der Waals surface area contributed by atoms with Gasteiger partial charge in [-0.15, -0.1) is 0 Å². The minimum atomic E-state index is -5.57. The standard InChI is InChI=1S/C39H55N9O25P2/c1-40-22(50)7-13-64-31-28(56)20(70-34(31)46-10-4-25(53)43-37(46)57)17-67-74(60,61)73-30-21(71-36(33(30)66-15-9-24(52)42-3)48-12-6-27(55)45-39(48)59)18-68-75(62,63)72-29-19(16-49)69-35(32(29)65-14-8-23(51)41-2)47-11-5-26(54)44-38(47)58/h4-6,10-12,19-21,28-36,49,56H,7-9,13-18H2,1-3H3,(H,40,50)(H,41,51)(H,42,52)(H,60,61)(H,62,63)(H,43,53,57)(H,44,54,58)(H,45,55,59)/t19-,20-,21-,28+,29+,30+,31?,32?,33?,34-,35-,36-/m1/s1. The predicted molar refractivity (Wildman–Crippen MR) is 245 cm³/mol. The fraction of sp³-hybridized carbons (Fsp3) is 0.615. The third-order valence-electron chi connectivity index (χ3n) is 11.5. The Bertz CT molecular complexity index is 2940. The largest absolute Gasteiger partial charge is 0.472 e. The van der Waals surface area contributed by atoms with E-state index >= 15 is 0 Å². The Morgan fingerprint density at radius 3 is 1.27 bits per heavy atom. The highest BCUT2D eigenvalue weighted by atomic mass is 31.2. The van der Waals surface area contributed by atoms with Crippen molar-refractivity contribution in [1.29, 1.82) is 0 Å². The van der Waals surface area contributed by atoms with Gasteiger partial charge in [-0.1, -0.05) is 0 Å². The summed E-state index contributed by atoms with van der Waals surface area (Å²) in [4.78, 5) is 139. The van der Waals surface area contributed by atoms with Crippen LogP contribution in [0, 0.1) is 0 Å². The number of aliphatic hydroxyl groups excluding tert-OH is 2. The fourth-order valence-corrected chi connectivity index (χ4v) is 9.76. The smallest absolute Gasteiger partial charge is 0.394 e. The SMILES string of the molecule is CNC(=O)CCOC1[C@@H](O)[C@@H](COP(=O)(O)O[C@@H]2C(OCCC(=O)NC)[C@H](n3ccc(=O)[nH]c3=O)O[C@@H]2COP(=O)(O)O[C@@H]2C(OCCC(=O)NC)[C@H](n3ccc(=O)[nH]c3=O)O[C@@H]2CO)O[C@H]1n1ccc(=O)[nH]c1=O. The molecule has 10 N–H and O–H groups in total. The van der Waals surface area contributed by atoms with Gasteiger partial charge in [0.1, 0.15) is 54.9 Å². The molecule has 0 spiro atoms. The molecule has 3 aromatic heterocycles. The van der Waals surface area contributed by atoms with E-state index in [-0.39, 0.29) is 25.9 Å². The summed E-state index contributed by atoms with van der Waals surface area (Å²) in [5.41, 5.74) is -5.62. The maximum atomic E-state index is 14.0. The van der Waals surface area contributed by atoms with E-state index in [1.807, 2.05) is 15.0 Å². The first-order valence-corrected chi connectivity index (χ1v) is 25.6. The molecule has 3 aliphatic rings. The van der Waals surface area contributed by atoms with Crippen molar-refractivity contribution in [3.8, 4) is 0 Å². The minimum absolute atomic E-state index is 0.215. The molecule has 36 heteroatoms. The maximum absolute atomic E-state index is 14.0. The van der Waals surface area contributed by atoms with Gasteiger partial charge in [0.2, 0.25) is 17.7 Å². The molecule has 0 aliphatic carbocycles. The second-order valence-electron chi connectivity index (χ2n) is 16.4. The number of amides is 3. The van der Waals surface area contributed by atoms with Gasteiger partial charge in [-0.25, -0.2) is 23.5 Å². The van der Waals surface area contributed by atoms with E-state index in [0.717, 1.165) is 50.5 Å². The summed E-state index contributed by atoms with van der Waals surface area (Å²) >= 11 is 0. The van der Waals surface area contributed by atoms with Crippen molar-refractivity contribution in [1.82, 2.24) is 44.6 Å². The molecule has 14 atom stereocenters. The summed E-state index contributed by atoms with van der Waals surface area (Å²) < 4.78 is 87.1. The molecule has 5 unspecified atom stereocenters. The van der Waals surface area contributed by atoms with Gasteiger partial charge in [-0.2, -0.15) is 0 Å². The molecule has 34 nitrogen and oxygen atoms in total. The third kappa shape index (κ3) is 15.1. The third-order valence-corrected chi connectivity index (χ3v) is 13.5. The average molecular weight is 1110 g/mol. The summed E-state index contributed by atoms with van der Waals surface area (Å²) in [5.74, 6) is -1.52. The number of phosphoric ester groups is 2. The number of aliphatic hydroxyl groups is 2. The number of hydrogen-bond acceptors (Lipinski definition) is 23. The normalized spacial score (nSPS) is 28.1. The van der Waals surface area contributed by atoms with Crippen LogP contribution in [-0.2, 0) is 70.0 Å². The van der Waals surface area contributed by atoms with E-state index in [2.05, 4.69) is 16.0 Å². The summed E-state index contributed by atoms with van der Waals surface area (Å²) in [6.07, 6.45) is -18.2. The first kappa shape index (κ1) is 58.6. The molecule has 3 aliphatic heterocycles. The van der Waals surface area contributed by atoms with Gasteiger partial charge in [0.05, 0.1) is 39.6 Å². The van der Waals surface area contributed by atoms with Gasteiger partial charge < -0.3 is 64.4 Å². The number of aromatic amines is 3. The number of aromatic nitrogens is 6. The maximum Gasteiger partial charge on any atom is 0.472 e. The molecule has 0 saturated carbocycles. The molecular formula is C39H55N9O25P2. The zero-order valence-electron chi connectivity index (χ0n) is 39.9. The van der Waals surface area contributed by atoms with Crippen molar-refractivity contribution < 1.29 is 90.0 Å². The van der Waals surface area contributed by atoms with Crippen molar-refractivity contribution >= 4 is 33.4 Å². The zero-order chi connectivity index (χ0) is 54.8. The van der Waals surface area contributed by atoms with Crippen LogP contribution >= 0.6 is 15.6 Å². The van der Waals surface area contributed by atoms with E-state index in [4.69, 9.17) is 46.5 Å². The highest BCUT2D eigenvalue weighted by Crippen LogP contribution is 2.52. The van der Waals surface area contributed by atoms with Crippen LogP contribution in [0.15, 0.2) is 65.6 Å². The summed E-state index contributed by atoms with van der Waals surface area (Å²) in [5, 5.41) is 28.7. The van der Waals surface area contributed by atoms with Crippen LogP contribution in [0.5, 0.6) is 0 Å². The van der Waals surface area contributed by atoms with Crippen LogP contribution in [-0.4, -0.2) is 182 Å². The molecule has 416 valence electrons. The molecule has 0 bridgehead atoms. The summed E-state index contributed by atoms with van der Waals surface area (Å²) in [6.45, 7) is -4.36. The molecule has 0 radical (unpaired) electrons. The van der Waals surface area contributed by atoms with Gasteiger partial charge in [0.25, 0.3) is 16.7 Å². The Labute approximate surface area is 420 Å². The Morgan fingerprint density at radius 1 is 0.560 bits per heavy atom. The number of ether oxygens (including phenoxy) is 6. The Balaban J connectivity index is 1.28. The Kier molecular flexibility index (Phi) is 20.3. The van der Waals surface area contributed by atoms with Crippen molar-refractivity contribution in [2.75, 3.05) is 60.8 Å². The van der Waals surface area contributed by atoms with E-state index in [1.54, 1.807) is 0 Å². The van der Waals surface area contributed by atoms with E-state index in [0.29, 0.717) is 0 Å². The number of nitrogens with zero attached hydrogens (tertiary/aromatic N) is 3. The van der Waals surface area contributed by atoms with E-state index in [9.17, 15) is 72.3 Å². The summed E-state index contributed by atoms with van der Waals surface area (Å²) in [7, 11) is -7.10. The van der Waals surface area contributed by atoms with Crippen LogP contribution in [0.2, 0.25) is 0 Å². The fourth-order valence-electron chi connectivity index (χ4n) is 7.84. The van der Waals surface area contributed by atoms with Crippen LogP contribution in [0.1, 0.15) is 37.9 Å². The van der Waals surface area contributed by atoms with Crippen molar-refractivity contribution in [2.24, 2.45) is 0 Å². The molecular weight excluding hydrogens is 1060 g/mol. The van der Waals surface area contributed by atoms with Gasteiger partial charge in [-0.05, 0) is 0 Å². The highest BCUT2D eigenvalue weighted by Gasteiger charge is 2.54. The Hall–Kier alpha value is -5.65. The van der Waals surface area contributed by atoms with Gasteiger partial charge in [0, 0.05) is 77.2 Å². The molecule has 0 aromatic carbocycles. The second kappa shape index (κ2) is 25.9. The number of phosphoric acid groups is 2. The molecule has 75 heavy (non-hydrogen) atoms. The lowest BCUT2D eigenvalue weighted by molar-refractivity contribution is -0.124. The lowest BCUT2D eigenvalue weighted by Crippen LogP contribution is -2.41. The molecule has 3 saturated heterocycles. The van der Waals surface area contributed by atoms with Gasteiger partial charge >= 0.3 is 32.7 Å². The van der Waals surface area contributed by atoms with Crippen molar-refractivity contribution in [3.63, 3.8) is 0 Å². The van der Waals surface area contributed by atoms with E-state index < -0.39 is 174 Å². The molecule has 3 amide bonds. The lowest BCUT2D eigenvalue weighted by atomic mass is 10.1. The predicted octanol–water partition coefficient (Wildman–Crippen LogP) is -5.75. The lowest BCUT2D eigenvalue weighted by Gasteiger charge is -2.28. The number of rotatable bonds is 26. The Morgan fingerprint density at radius 2 is 0.893 bits per heavy atom. The quantitative estimate of drug-likeness (QED) is 0.0335. The molecule has 6 heterocycles. The van der Waals surface area contributed by atoms with Gasteiger partial charge in [-0.3, -0.25) is 75.5 Å². The number of carbonyl (C=O) groups excluding carboxylic acids is 3. The van der Waals surface area contributed by atoms with Crippen molar-refractivity contribution in [3.05, 3.63) is 99.3 Å². The first-order chi connectivity index (χ1) is 35.6. The van der Waals surface area contributed by atoms with Crippen LogP contribution in [0.4, 0.5) is 0 Å². The molecule has 3 fully saturated rings. The second-order valence-corrected chi connectivity index (χ2v) is 19.2. The minimum Gasteiger partial charge on any atom is -0.394 e. The number of H-pyrrole nitrogens is 3. The van der Waals surface area contributed by atoms with E-state index in [1.165, 1.54) is 21.1 Å². The monoisotopic (exact) mass is 1110 g/mol. The van der Waals surface area contributed by atoms with Crippen LogP contribution < -0.4 is 49.7 Å². The summed E-state index contributed by atoms with van der Waals surface area (Å²) in [6, 6.07) is 2.79. The van der Waals surface area contributed by atoms with Crippen LogP contribution in [0.25, 0.3) is 0 Å². The number of nitrogens with one attached hydrogen (secondary N) is 6. The average Bonchev–Trinajstić information content (AvgIpc) is 3.98. The topological polar surface area (TPSA) is 459 Å². The number of hydrogen-bond donors (Lipinski definition) is 10. The zero-order valence-corrected chi connectivity index (χ0v) is 41.6.